The summed E-state index contributed by atoms with van der Waals surface area (Å²) in [4.78, 5) is 9.00. The number of hydrogen-bond acceptors (Lipinski definition) is 2. The number of hydrogen-bond donors (Lipinski definition) is 0. The molecule has 6 aromatic rings. The van der Waals surface area contributed by atoms with E-state index < -0.39 is 0 Å². The van der Waals surface area contributed by atoms with Crippen LogP contribution >= 0.6 is 0 Å². The zero-order valence-corrected chi connectivity index (χ0v) is 23.2. The molecule has 0 saturated heterocycles. The fraction of sp³-hybridized carbons (Fsp3) is 0.152. The first-order chi connectivity index (χ1) is 17.0. The Morgan fingerprint density at radius 1 is 0.750 bits per heavy atom. The molecule has 0 unspecified atom stereocenters. The van der Waals surface area contributed by atoms with E-state index in [1.165, 1.54) is 49.2 Å². The Bertz CT molecular complexity index is 1740. The van der Waals surface area contributed by atoms with Crippen molar-refractivity contribution in [1.82, 2.24) is 9.97 Å². The second-order valence-corrected chi connectivity index (χ2v) is 9.81. The van der Waals surface area contributed by atoms with Crippen LogP contribution in [0.5, 0.6) is 0 Å². The average molecular weight is 643 g/mol. The molecule has 1 aliphatic rings. The number of aryl methyl sites for hydroxylation is 2. The standard InChI is InChI=1S/C21H16N.C12H10N.Ir/c1-12-10-15-19-17(11-12)21(2,3)16-8-4-6-13(18(16)19)14-7-5-9-22-20(14)15;1-10-6-5-9-13-12(10)11-7-3-2-4-8-11;/h4-9,11H,1-3H3;2-7,9H,1H3;/q2*-1;. The van der Waals surface area contributed by atoms with Crippen LogP contribution in [0, 0.1) is 26.0 Å². The number of aromatic nitrogens is 2. The van der Waals surface area contributed by atoms with Gasteiger partial charge in [0.05, 0.1) is 0 Å². The van der Waals surface area contributed by atoms with Gasteiger partial charge in [-0.2, -0.15) is 0 Å². The predicted octanol–water partition coefficient (Wildman–Crippen LogP) is 8.14. The SMILES string of the molecule is Cc1[c-]c2c3ncccc3c3cccc4c3c2c(c1)C4(C)C.Cc1cccnc1-c1[c-]cccc1.[Ir]. The van der Waals surface area contributed by atoms with E-state index in [0.29, 0.717) is 0 Å². The minimum absolute atomic E-state index is 0. The Balaban J connectivity index is 0.000000164. The molecule has 0 aliphatic heterocycles. The van der Waals surface area contributed by atoms with Crippen LogP contribution in [0.2, 0.25) is 0 Å². The maximum atomic E-state index is 4.68. The third-order valence-corrected chi connectivity index (χ3v) is 7.17. The first-order valence-corrected chi connectivity index (χ1v) is 12.0. The van der Waals surface area contributed by atoms with Crippen LogP contribution in [0.25, 0.3) is 43.7 Å². The molecule has 2 aromatic heterocycles. The quantitative estimate of drug-likeness (QED) is 0.134. The molecule has 0 spiro atoms. The van der Waals surface area contributed by atoms with E-state index in [9.17, 15) is 0 Å². The van der Waals surface area contributed by atoms with Gasteiger partial charge in [0.2, 0.25) is 0 Å². The van der Waals surface area contributed by atoms with Gasteiger partial charge in [0.25, 0.3) is 0 Å². The van der Waals surface area contributed by atoms with Crippen molar-refractivity contribution < 1.29 is 20.1 Å². The Hall–Kier alpha value is -3.39. The number of pyridine rings is 2. The van der Waals surface area contributed by atoms with Crippen molar-refractivity contribution >= 4 is 32.4 Å². The summed E-state index contributed by atoms with van der Waals surface area (Å²) in [5.74, 6) is 0. The maximum Gasteiger partial charge on any atom is 0.0161 e. The molecule has 0 amide bonds. The van der Waals surface area contributed by atoms with E-state index in [1.54, 1.807) is 0 Å². The fourth-order valence-corrected chi connectivity index (χ4v) is 5.49. The first-order valence-electron chi connectivity index (χ1n) is 12.0. The van der Waals surface area contributed by atoms with E-state index in [4.69, 9.17) is 0 Å². The topological polar surface area (TPSA) is 25.8 Å². The van der Waals surface area contributed by atoms with Crippen LogP contribution in [-0.4, -0.2) is 9.97 Å². The fourth-order valence-electron chi connectivity index (χ4n) is 5.49. The Labute approximate surface area is 225 Å². The minimum atomic E-state index is 0. The zero-order chi connectivity index (χ0) is 24.2. The van der Waals surface area contributed by atoms with Crippen molar-refractivity contribution in [3.63, 3.8) is 0 Å². The largest absolute Gasteiger partial charge is 0.304 e. The first kappa shape index (κ1) is 24.3. The summed E-state index contributed by atoms with van der Waals surface area (Å²) >= 11 is 0. The second kappa shape index (κ2) is 9.24. The second-order valence-electron chi connectivity index (χ2n) is 9.81. The Morgan fingerprint density at radius 2 is 1.53 bits per heavy atom. The summed E-state index contributed by atoms with van der Waals surface area (Å²) in [5, 5.41) is 6.48. The van der Waals surface area contributed by atoms with Crippen LogP contribution in [0.15, 0.2) is 85.2 Å². The molecule has 0 atom stereocenters. The molecule has 36 heavy (non-hydrogen) atoms. The maximum absolute atomic E-state index is 4.68. The van der Waals surface area contributed by atoms with Crippen molar-refractivity contribution in [3.8, 4) is 11.3 Å². The van der Waals surface area contributed by atoms with Gasteiger partial charge < -0.3 is 9.97 Å². The molecule has 2 nitrogen and oxygen atoms in total. The minimum Gasteiger partial charge on any atom is -0.304 e. The van der Waals surface area contributed by atoms with Crippen LogP contribution in [0.4, 0.5) is 0 Å². The molecule has 4 aromatic carbocycles. The van der Waals surface area contributed by atoms with Gasteiger partial charge in [0.15, 0.2) is 0 Å². The van der Waals surface area contributed by atoms with E-state index in [2.05, 4.69) is 86.2 Å². The molecule has 0 bridgehead atoms. The molecule has 179 valence electrons. The van der Waals surface area contributed by atoms with Gasteiger partial charge in [-0.3, -0.25) is 0 Å². The number of rotatable bonds is 1. The summed E-state index contributed by atoms with van der Waals surface area (Å²) in [6, 6.07) is 31.8. The van der Waals surface area contributed by atoms with E-state index >= 15 is 0 Å². The number of benzene rings is 4. The molecule has 0 fully saturated rings. The van der Waals surface area contributed by atoms with Crippen molar-refractivity contribution in [1.29, 1.82) is 0 Å². The predicted molar refractivity (Wildman–Crippen MR) is 146 cm³/mol. The molecular formula is C33H26IrN2-2. The third-order valence-electron chi connectivity index (χ3n) is 7.17. The number of fused-ring (bicyclic) bond motifs is 3. The van der Waals surface area contributed by atoms with Crippen molar-refractivity contribution in [2.24, 2.45) is 0 Å². The molecule has 1 aliphatic carbocycles. The monoisotopic (exact) mass is 643 g/mol. The number of nitrogens with zero attached hydrogens (tertiary/aromatic N) is 2. The Morgan fingerprint density at radius 3 is 2.31 bits per heavy atom. The van der Waals surface area contributed by atoms with Crippen LogP contribution in [0.3, 0.4) is 0 Å². The normalized spacial score (nSPS) is 13.0. The van der Waals surface area contributed by atoms with Gasteiger partial charge >= 0.3 is 0 Å². The molecule has 0 saturated carbocycles. The third kappa shape index (κ3) is 3.75. The molecular weight excluding hydrogens is 617 g/mol. The zero-order valence-electron chi connectivity index (χ0n) is 20.8. The summed E-state index contributed by atoms with van der Waals surface area (Å²) in [7, 11) is 0. The smallest absolute Gasteiger partial charge is 0.0161 e. The van der Waals surface area contributed by atoms with E-state index in [0.717, 1.165) is 16.8 Å². The summed E-state index contributed by atoms with van der Waals surface area (Å²) in [6.07, 6.45) is 3.69. The molecule has 1 radical (unpaired) electrons. The van der Waals surface area contributed by atoms with Gasteiger partial charge in [0.1, 0.15) is 0 Å². The summed E-state index contributed by atoms with van der Waals surface area (Å²) in [6.45, 7) is 8.85. The van der Waals surface area contributed by atoms with E-state index in [1.807, 2.05) is 48.8 Å². The van der Waals surface area contributed by atoms with Gasteiger partial charge in [-0.1, -0.05) is 62.1 Å². The average Bonchev–Trinajstić information content (AvgIpc) is 3.11. The van der Waals surface area contributed by atoms with E-state index in [-0.39, 0.29) is 25.5 Å². The summed E-state index contributed by atoms with van der Waals surface area (Å²) < 4.78 is 0. The summed E-state index contributed by atoms with van der Waals surface area (Å²) in [5.41, 5.74) is 8.40. The van der Waals surface area contributed by atoms with Crippen LogP contribution in [0.1, 0.15) is 36.1 Å². The van der Waals surface area contributed by atoms with Gasteiger partial charge in [-0.05, 0) is 57.4 Å². The van der Waals surface area contributed by atoms with Crippen molar-refractivity contribution in [3.05, 3.63) is 120 Å². The van der Waals surface area contributed by atoms with Gasteiger partial charge in [-0.15, -0.1) is 64.5 Å². The van der Waals surface area contributed by atoms with Gasteiger partial charge in [0, 0.05) is 32.5 Å². The molecule has 2 heterocycles. The molecule has 7 rings (SSSR count). The Kier molecular flexibility index (Phi) is 6.24. The van der Waals surface area contributed by atoms with Crippen LogP contribution in [-0.2, 0) is 25.5 Å². The van der Waals surface area contributed by atoms with Crippen molar-refractivity contribution in [2.45, 2.75) is 33.1 Å². The molecule has 3 heteroatoms. The van der Waals surface area contributed by atoms with Gasteiger partial charge in [-0.25, -0.2) is 0 Å². The van der Waals surface area contributed by atoms with Crippen LogP contribution < -0.4 is 0 Å². The molecule has 0 N–H and O–H groups in total. The van der Waals surface area contributed by atoms with Crippen molar-refractivity contribution in [2.75, 3.05) is 0 Å².